The summed E-state index contributed by atoms with van der Waals surface area (Å²) < 4.78 is 11.3. The minimum Gasteiger partial charge on any atom is -0.497 e. The van der Waals surface area contributed by atoms with Gasteiger partial charge in [-0.05, 0) is 30.3 Å². The first-order chi connectivity index (χ1) is 14.2. The van der Waals surface area contributed by atoms with Gasteiger partial charge in [0.2, 0.25) is 5.88 Å². The van der Waals surface area contributed by atoms with E-state index < -0.39 is 0 Å². The van der Waals surface area contributed by atoms with Gasteiger partial charge < -0.3 is 19.4 Å². The molecule has 1 N–H and O–H groups in total. The second kappa shape index (κ2) is 7.13. The Hall–Kier alpha value is -3.54. The summed E-state index contributed by atoms with van der Waals surface area (Å²) in [5.74, 6) is 1.34. The molecule has 0 bridgehead atoms. The standard InChI is InChI=1S/C23H21N3O3/c1-28-17-8-6-16-12-21(24-20(16)13-17)23(27)26-11-10-18(14-26)29-22-9-7-15-4-2-3-5-19(15)25-22/h2-9,12-13,18,24H,10-11,14H2,1H3. The molecule has 6 nitrogen and oxygen atoms in total. The number of nitrogens with zero attached hydrogens (tertiary/aromatic N) is 2. The number of carbonyl (C=O) groups excluding carboxylic acids is 1. The van der Waals surface area contributed by atoms with E-state index in [2.05, 4.69) is 9.97 Å². The first kappa shape index (κ1) is 17.6. The van der Waals surface area contributed by atoms with Crippen LogP contribution in [0.4, 0.5) is 0 Å². The summed E-state index contributed by atoms with van der Waals surface area (Å²) in [6, 6.07) is 19.5. The Balaban J connectivity index is 1.29. The lowest BCUT2D eigenvalue weighted by Gasteiger charge is -2.16. The van der Waals surface area contributed by atoms with Gasteiger partial charge in [-0.2, -0.15) is 0 Å². The van der Waals surface area contributed by atoms with Crippen molar-refractivity contribution in [2.45, 2.75) is 12.5 Å². The van der Waals surface area contributed by atoms with Crippen molar-refractivity contribution in [3.05, 3.63) is 66.4 Å². The van der Waals surface area contributed by atoms with Gasteiger partial charge in [0, 0.05) is 41.4 Å². The summed E-state index contributed by atoms with van der Waals surface area (Å²) in [6.07, 6.45) is 0.728. The number of H-pyrrole nitrogens is 1. The molecule has 1 atom stereocenters. The summed E-state index contributed by atoms with van der Waals surface area (Å²) in [6.45, 7) is 1.21. The zero-order valence-corrected chi connectivity index (χ0v) is 16.1. The number of carbonyl (C=O) groups is 1. The third-order valence-corrected chi connectivity index (χ3v) is 5.35. The minimum atomic E-state index is -0.0583. The number of likely N-dealkylation sites (tertiary alicyclic amines) is 1. The van der Waals surface area contributed by atoms with E-state index in [1.807, 2.05) is 65.6 Å². The number of fused-ring (bicyclic) bond motifs is 2. The van der Waals surface area contributed by atoms with Gasteiger partial charge in [-0.1, -0.05) is 18.2 Å². The fraction of sp³-hybridized carbons (Fsp3) is 0.217. The molecule has 1 amide bonds. The first-order valence-electron chi connectivity index (χ1n) is 9.68. The number of aromatic amines is 1. The molecule has 4 aromatic rings. The summed E-state index contributed by atoms with van der Waals surface area (Å²) in [5.41, 5.74) is 2.38. The monoisotopic (exact) mass is 387 g/mol. The van der Waals surface area contributed by atoms with E-state index in [0.717, 1.165) is 34.0 Å². The molecule has 5 rings (SSSR count). The number of ether oxygens (including phenoxy) is 2. The highest BCUT2D eigenvalue weighted by molar-refractivity contribution is 5.98. The number of benzene rings is 2. The summed E-state index contributed by atoms with van der Waals surface area (Å²) in [5, 5.41) is 2.07. The first-order valence-corrected chi connectivity index (χ1v) is 9.68. The van der Waals surface area contributed by atoms with Crippen LogP contribution in [0.15, 0.2) is 60.7 Å². The maximum Gasteiger partial charge on any atom is 0.270 e. The average molecular weight is 387 g/mol. The minimum absolute atomic E-state index is 0.0160. The van der Waals surface area contributed by atoms with Crippen LogP contribution in [0.3, 0.4) is 0 Å². The van der Waals surface area contributed by atoms with Crippen LogP contribution < -0.4 is 9.47 Å². The largest absolute Gasteiger partial charge is 0.497 e. The van der Waals surface area contributed by atoms with Gasteiger partial charge in [-0.3, -0.25) is 4.79 Å². The molecule has 0 radical (unpaired) electrons. The fourth-order valence-electron chi connectivity index (χ4n) is 3.81. The Bertz CT molecular complexity index is 1200. The predicted octanol–water partition coefficient (Wildman–Crippen LogP) is 4.02. The Morgan fingerprint density at radius 1 is 1.10 bits per heavy atom. The quantitative estimate of drug-likeness (QED) is 0.574. The molecule has 1 unspecified atom stereocenters. The number of rotatable bonds is 4. The number of nitrogens with one attached hydrogen (secondary N) is 1. The average Bonchev–Trinajstić information content (AvgIpc) is 3.39. The van der Waals surface area contributed by atoms with Crippen LogP contribution in [-0.2, 0) is 0 Å². The van der Waals surface area contributed by atoms with Crippen LogP contribution >= 0.6 is 0 Å². The van der Waals surface area contributed by atoms with Crippen molar-refractivity contribution in [3.63, 3.8) is 0 Å². The highest BCUT2D eigenvalue weighted by Crippen LogP contribution is 2.24. The zero-order valence-electron chi connectivity index (χ0n) is 16.1. The fourth-order valence-corrected chi connectivity index (χ4v) is 3.81. The summed E-state index contributed by atoms with van der Waals surface area (Å²) in [4.78, 5) is 22.5. The maximum atomic E-state index is 12.9. The van der Waals surface area contributed by atoms with Crippen molar-refractivity contribution >= 4 is 27.7 Å². The van der Waals surface area contributed by atoms with Crippen molar-refractivity contribution in [3.8, 4) is 11.6 Å². The number of pyridine rings is 1. The lowest BCUT2D eigenvalue weighted by molar-refractivity contribution is 0.0766. The normalized spacial score (nSPS) is 16.4. The third-order valence-electron chi connectivity index (χ3n) is 5.35. The van der Waals surface area contributed by atoms with Crippen LogP contribution in [0, 0.1) is 0 Å². The molecule has 1 fully saturated rings. The molecule has 3 heterocycles. The Morgan fingerprint density at radius 3 is 2.86 bits per heavy atom. The molecule has 2 aromatic heterocycles. The van der Waals surface area contributed by atoms with Crippen molar-refractivity contribution < 1.29 is 14.3 Å². The van der Waals surface area contributed by atoms with Crippen LogP contribution in [0.5, 0.6) is 11.6 Å². The van der Waals surface area contributed by atoms with Gasteiger partial charge in [0.25, 0.3) is 5.91 Å². The highest BCUT2D eigenvalue weighted by Gasteiger charge is 2.29. The Labute approximate surface area is 168 Å². The topological polar surface area (TPSA) is 67.4 Å². The Kier molecular flexibility index (Phi) is 4.31. The van der Waals surface area contributed by atoms with Gasteiger partial charge in [-0.15, -0.1) is 0 Å². The van der Waals surface area contributed by atoms with Gasteiger partial charge >= 0.3 is 0 Å². The van der Waals surface area contributed by atoms with Crippen molar-refractivity contribution in [2.24, 2.45) is 0 Å². The van der Waals surface area contributed by atoms with E-state index >= 15 is 0 Å². The smallest absolute Gasteiger partial charge is 0.270 e. The molecule has 146 valence electrons. The highest BCUT2D eigenvalue weighted by atomic mass is 16.5. The van der Waals surface area contributed by atoms with Crippen LogP contribution in [0.1, 0.15) is 16.9 Å². The van der Waals surface area contributed by atoms with E-state index in [4.69, 9.17) is 9.47 Å². The number of aromatic nitrogens is 2. The molecule has 1 aliphatic rings. The van der Waals surface area contributed by atoms with Crippen molar-refractivity contribution in [1.82, 2.24) is 14.9 Å². The zero-order chi connectivity index (χ0) is 19.8. The lowest BCUT2D eigenvalue weighted by Crippen LogP contribution is -2.31. The lowest BCUT2D eigenvalue weighted by atomic mass is 10.2. The van der Waals surface area contributed by atoms with E-state index in [0.29, 0.717) is 24.7 Å². The van der Waals surface area contributed by atoms with Crippen LogP contribution in [-0.4, -0.2) is 47.1 Å². The van der Waals surface area contributed by atoms with Crippen LogP contribution in [0.25, 0.3) is 21.8 Å². The summed E-state index contributed by atoms with van der Waals surface area (Å²) >= 11 is 0. The second-order valence-corrected chi connectivity index (χ2v) is 7.26. The van der Waals surface area contributed by atoms with Crippen molar-refractivity contribution in [2.75, 3.05) is 20.2 Å². The van der Waals surface area contributed by atoms with Gasteiger partial charge in [-0.25, -0.2) is 4.98 Å². The second-order valence-electron chi connectivity index (χ2n) is 7.26. The molecule has 29 heavy (non-hydrogen) atoms. The molecular weight excluding hydrogens is 366 g/mol. The summed E-state index contributed by atoms with van der Waals surface area (Å²) in [7, 11) is 1.63. The van der Waals surface area contributed by atoms with E-state index in [9.17, 15) is 4.79 Å². The number of amides is 1. The maximum absolute atomic E-state index is 12.9. The van der Waals surface area contributed by atoms with Gasteiger partial charge in [0.15, 0.2) is 0 Å². The molecular formula is C23H21N3O3. The molecule has 0 aliphatic carbocycles. The number of methoxy groups -OCH3 is 1. The van der Waals surface area contributed by atoms with Crippen molar-refractivity contribution in [1.29, 1.82) is 0 Å². The third kappa shape index (κ3) is 3.38. The molecule has 1 saturated heterocycles. The molecule has 2 aromatic carbocycles. The Morgan fingerprint density at radius 2 is 1.97 bits per heavy atom. The van der Waals surface area contributed by atoms with E-state index in [1.165, 1.54) is 0 Å². The molecule has 0 spiro atoms. The SMILES string of the molecule is COc1ccc2cc(C(=O)N3CCC(Oc4ccc5ccccc5n4)C3)[nH]c2c1. The number of hydrogen-bond donors (Lipinski definition) is 1. The van der Waals surface area contributed by atoms with E-state index in [1.54, 1.807) is 7.11 Å². The number of para-hydroxylation sites is 1. The molecule has 1 aliphatic heterocycles. The van der Waals surface area contributed by atoms with Crippen LogP contribution in [0.2, 0.25) is 0 Å². The van der Waals surface area contributed by atoms with E-state index in [-0.39, 0.29) is 12.0 Å². The van der Waals surface area contributed by atoms with Gasteiger partial charge in [0.1, 0.15) is 17.5 Å². The van der Waals surface area contributed by atoms with Gasteiger partial charge in [0.05, 0.1) is 19.2 Å². The molecule has 0 saturated carbocycles. The number of hydrogen-bond acceptors (Lipinski definition) is 4. The predicted molar refractivity (Wildman–Crippen MR) is 112 cm³/mol. The molecule has 6 heteroatoms.